The number of oxazole rings is 1. The molecule has 0 radical (unpaired) electrons. The Morgan fingerprint density at radius 2 is 2.00 bits per heavy atom. The summed E-state index contributed by atoms with van der Waals surface area (Å²) in [5, 5.41) is 5.70. The molecular weight excluding hydrogens is 194 g/mol. The molecule has 0 aliphatic rings. The van der Waals surface area contributed by atoms with Crippen LogP contribution in [0.2, 0.25) is 0 Å². The summed E-state index contributed by atoms with van der Waals surface area (Å²) >= 11 is 0. The average molecular weight is 211 g/mol. The Bertz CT molecular complexity index is 331. The first kappa shape index (κ1) is 11.6. The maximum Gasteiger partial charge on any atom is 0.295 e. The van der Waals surface area contributed by atoms with Crippen molar-refractivity contribution in [3.63, 3.8) is 0 Å². The molecule has 0 bridgehead atoms. The molecule has 2 N–H and O–H groups in total. The zero-order valence-corrected chi connectivity index (χ0v) is 9.50. The lowest BCUT2D eigenvalue weighted by atomic mass is 10.3. The van der Waals surface area contributed by atoms with Gasteiger partial charge in [0.25, 0.3) is 11.9 Å². The van der Waals surface area contributed by atoms with Gasteiger partial charge in [0.15, 0.2) is 0 Å². The van der Waals surface area contributed by atoms with Crippen LogP contribution in [0.3, 0.4) is 0 Å². The molecule has 0 atom stereocenters. The highest BCUT2D eigenvalue weighted by Crippen LogP contribution is 2.09. The van der Waals surface area contributed by atoms with Crippen molar-refractivity contribution in [2.24, 2.45) is 0 Å². The number of nitrogens with one attached hydrogen (secondary N) is 2. The Kier molecular flexibility index (Phi) is 3.71. The fourth-order valence-corrected chi connectivity index (χ4v) is 1.03. The van der Waals surface area contributed by atoms with Crippen molar-refractivity contribution < 1.29 is 9.21 Å². The third-order valence-corrected chi connectivity index (χ3v) is 1.56. The minimum atomic E-state index is -0.241. The van der Waals surface area contributed by atoms with E-state index < -0.39 is 0 Å². The Morgan fingerprint density at radius 3 is 2.53 bits per heavy atom. The Balaban J connectivity index is 2.63. The molecule has 0 aliphatic carbocycles. The van der Waals surface area contributed by atoms with Gasteiger partial charge in [-0.15, -0.1) is 0 Å². The SMILES string of the molecule is CC(C)NC(=O)c1cnc(NC(C)C)o1. The van der Waals surface area contributed by atoms with Gasteiger partial charge in [-0.2, -0.15) is 0 Å². The monoisotopic (exact) mass is 211 g/mol. The van der Waals surface area contributed by atoms with Crippen LogP contribution in [0.4, 0.5) is 6.01 Å². The van der Waals surface area contributed by atoms with Crippen LogP contribution < -0.4 is 10.6 Å². The van der Waals surface area contributed by atoms with Gasteiger partial charge in [0, 0.05) is 12.1 Å². The van der Waals surface area contributed by atoms with E-state index in [0.717, 1.165) is 0 Å². The van der Waals surface area contributed by atoms with Gasteiger partial charge >= 0.3 is 0 Å². The summed E-state index contributed by atoms with van der Waals surface area (Å²) in [6.07, 6.45) is 1.42. The smallest absolute Gasteiger partial charge is 0.295 e. The molecule has 5 heteroatoms. The molecule has 1 rings (SSSR count). The van der Waals surface area contributed by atoms with Gasteiger partial charge in [-0.3, -0.25) is 4.79 Å². The van der Waals surface area contributed by atoms with E-state index >= 15 is 0 Å². The van der Waals surface area contributed by atoms with Crippen molar-refractivity contribution in [2.75, 3.05) is 5.32 Å². The lowest BCUT2D eigenvalue weighted by Gasteiger charge is -2.05. The molecule has 5 nitrogen and oxygen atoms in total. The van der Waals surface area contributed by atoms with E-state index in [-0.39, 0.29) is 23.8 Å². The van der Waals surface area contributed by atoms with E-state index in [4.69, 9.17) is 4.42 Å². The van der Waals surface area contributed by atoms with Gasteiger partial charge in [-0.1, -0.05) is 0 Å². The van der Waals surface area contributed by atoms with Crippen LogP contribution in [0.15, 0.2) is 10.6 Å². The first-order valence-corrected chi connectivity index (χ1v) is 5.02. The van der Waals surface area contributed by atoms with Crippen molar-refractivity contribution in [1.82, 2.24) is 10.3 Å². The van der Waals surface area contributed by atoms with Crippen molar-refractivity contribution >= 4 is 11.9 Å². The number of nitrogens with zero attached hydrogens (tertiary/aromatic N) is 1. The summed E-state index contributed by atoms with van der Waals surface area (Å²) in [5.41, 5.74) is 0. The summed E-state index contributed by atoms with van der Waals surface area (Å²) in [5.74, 6) is -0.0128. The predicted octanol–water partition coefficient (Wildman–Crippen LogP) is 1.63. The molecular formula is C10H17N3O2. The lowest BCUT2D eigenvalue weighted by molar-refractivity contribution is 0.0916. The third-order valence-electron chi connectivity index (χ3n) is 1.56. The number of rotatable bonds is 4. The maximum atomic E-state index is 11.5. The summed E-state index contributed by atoms with van der Waals surface area (Å²) < 4.78 is 5.22. The molecule has 0 aromatic carbocycles. The van der Waals surface area contributed by atoms with Gasteiger partial charge in [0.1, 0.15) is 0 Å². The number of carbonyl (C=O) groups excluding carboxylic acids is 1. The molecule has 0 spiro atoms. The number of hydrogen-bond acceptors (Lipinski definition) is 4. The normalized spacial score (nSPS) is 10.8. The maximum absolute atomic E-state index is 11.5. The highest BCUT2D eigenvalue weighted by molar-refractivity contribution is 5.91. The summed E-state index contributed by atoms with van der Waals surface area (Å²) in [4.78, 5) is 15.4. The number of aromatic nitrogens is 1. The van der Waals surface area contributed by atoms with Crippen molar-refractivity contribution in [3.05, 3.63) is 12.0 Å². The van der Waals surface area contributed by atoms with Crippen molar-refractivity contribution in [3.8, 4) is 0 Å². The van der Waals surface area contributed by atoms with E-state index in [1.54, 1.807) is 0 Å². The Morgan fingerprint density at radius 1 is 1.33 bits per heavy atom. The standard InChI is InChI=1S/C10H17N3O2/c1-6(2)12-9(14)8-5-11-10(15-8)13-7(3)4/h5-7H,1-4H3,(H,11,13)(H,12,14). The van der Waals surface area contributed by atoms with Crippen LogP contribution in [-0.2, 0) is 0 Å². The van der Waals surface area contributed by atoms with Crippen LogP contribution in [0.5, 0.6) is 0 Å². The highest BCUT2D eigenvalue weighted by atomic mass is 16.4. The first-order valence-electron chi connectivity index (χ1n) is 5.02. The number of anilines is 1. The average Bonchev–Trinajstić information content (AvgIpc) is 2.50. The second-order valence-corrected chi connectivity index (χ2v) is 3.96. The molecule has 15 heavy (non-hydrogen) atoms. The summed E-state index contributed by atoms with van der Waals surface area (Å²) in [7, 11) is 0. The molecule has 0 fully saturated rings. The van der Waals surface area contributed by atoms with E-state index in [2.05, 4.69) is 15.6 Å². The molecule has 0 saturated heterocycles. The molecule has 1 heterocycles. The number of amides is 1. The molecule has 0 aliphatic heterocycles. The zero-order valence-electron chi connectivity index (χ0n) is 9.50. The van der Waals surface area contributed by atoms with Crippen LogP contribution >= 0.6 is 0 Å². The van der Waals surface area contributed by atoms with Gasteiger partial charge in [0.05, 0.1) is 6.20 Å². The molecule has 0 unspecified atom stereocenters. The van der Waals surface area contributed by atoms with E-state index in [1.165, 1.54) is 6.20 Å². The highest BCUT2D eigenvalue weighted by Gasteiger charge is 2.13. The molecule has 1 amide bonds. The van der Waals surface area contributed by atoms with Crippen LogP contribution in [-0.4, -0.2) is 23.0 Å². The summed E-state index contributed by atoms with van der Waals surface area (Å²) in [6, 6.07) is 0.688. The fraction of sp³-hybridized carbons (Fsp3) is 0.600. The van der Waals surface area contributed by atoms with Crippen LogP contribution in [0.25, 0.3) is 0 Å². The van der Waals surface area contributed by atoms with E-state index in [0.29, 0.717) is 6.01 Å². The Hall–Kier alpha value is -1.52. The molecule has 0 saturated carbocycles. The lowest BCUT2D eigenvalue weighted by Crippen LogP contribution is -2.29. The van der Waals surface area contributed by atoms with Gasteiger partial charge in [-0.25, -0.2) is 4.98 Å². The predicted molar refractivity (Wildman–Crippen MR) is 57.9 cm³/mol. The minimum absolute atomic E-state index is 0.0871. The second-order valence-electron chi connectivity index (χ2n) is 3.96. The van der Waals surface area contributed by atoms with Gasteiger partial charge in [0.2, 0.25) is 5.76 Å². The number of carbonyl (C=O) groups is 1. The first-order chi connectivity index (χ1) is 6.99. The van der Waals surface area contributed by atoms with Crippen LogP contribution in [0, 0.1) is 0 Å². The van der Waals surface area contributed by atoms with Crippen molar-refractivity contribution in [1.29, 1.82) is 0 Å². The molecule has 1 aromatic rings. The van der Waals surface area contributed by atoms with Crippen LogP contribution in [0.1, 0.15) is 38.2 Å². The third kappa shape index (κ3) is 3.61. The van der Waals surface area contributed by atoms with Gasteiger partial charge in [-0.05, 0) is 27.7 Å². The number of hydrogen-bond donors (Lipinski definition) is 2. The quantitative estimate of drug-likeness (QED) is 0.794. The Labute approximate surface area is 89.3 Å². The molecule has 1 aromatic heterocycles. The summed E-state index contributed by atoms with van der Waals surface area (Å²) in [6.45, 7) is 7.72. The van der Waals surface area contributed by atoms with E-state index in [9.17, 15) is 4.79 Å². The zero-order chi connectivity index (χ0) is 11.4. The topological polar surface area (TPSA) is 67.2 Å². The van der Waals surface area contributed by atoms with Gasteiger partial charge < -0.3 is 15.1 Å². The van der Waals surface area contributed by atoms with E-state index in [1.807, 2.05) is 27.7 Å². The largest absolute Gasteiger partial charge is 0.418 e. The fourth-order valence-electron chi connectivity index (χ4n) is 1.03. The second kappa shape index (κ2) is 4.82. The minimum Gasteiger partial charge on any atom is -0.418 e. The van der Waals surface area contributed by atoms with Crippen molar-refractivity contribution in [2.45, 2.75) is 39.8 Å². The molecule has 84 valence electrons.